The molecular formula is C10H18N2O3S. The van der Waals surface area contributed by atoms with E-state index in [4.69, 9.17) is 0 Å². The Morgan fingerprint density at radius 2 is 2.12 bits per heavy atom. The molecule has 0 spiro atoms. The van der Waals surface area contributed by atoms with Gasteiger partial charge in [0.15, 0.2) is 9.84 Å². The summed E-state index contributed by atoms with van der Waals surface area (Å²) < 4.78 is 22.8. The summed E-state index contributed by atoms with van der Waals surface area (Å²) in [6.45, 7) is 0.466. The molecule has 92 valence electrons. The minimum Gasteiger partial charge on any atom is -0.343 e. The lowest BCUT2D eigenvalue weighted by Gasteiger charge is -2.25. The summed E-state index contributed by atoms with van der Waals surface area (Å²) in [4.78, 5) is 13.5. The lowest BCUT2D eigenvalue weighted by atomic mass is 10.2. The van der Waals surface area contributed by atoms with Crippen LogP contribution in [-0.2, 0) is 14.6 Å². The minimum absolute atomic E-state index is 0.0529. The summed E-state index contributed by atoms with van der Waals surface area (Å²) in [5, 5.41) is 3.09. The molecule has 0 aromatic rings. The summed E-state index contributed by atoms with van der Waals surface area (Å²) in [5.74, 6) is 0.338. The van der Waals surface area contributed by atoms with E-state index in [2.05, 4.69) is 5.32 Å². The number of carbonyl (C=O) groups is 1. The van der Waals surface area contributed by atoms with E-state index in [0.29, 0.717) is 19.0 Å². The fourth-order valence-electron chi connectivity index (χ4n) is 2.02. The van der Waals surface area contributed by atoms with Crippen molar-refractivity contribution in [3.8, 4) is 0 Å². The Morgan fingerprint density at radius 1 is 1.44 bits per heavy atom. The maximum absolute atomic E-state index is 11.8. The molecule has 5 nitrogen and oxygen atoms in total. The van der Waals surface area contributed by atoms with Crippen molar-refractivity contribution >= 4 is 15.7 Å². The molecule has 1 atom stereocenters. The van der Waals surface area contributed by atoms with Crippen molar-refractivity contribution in [2.75, 3.05) is 25.1 Å². The molecule has 0 bridgehead atoms. The van der Waals surface area contributed by atoms with E-state index in [0.717, 1.165) is 12.8 Å². The highest BCUT2D eigenvalue weighted by molar-refractivity contribution is 7.91. The average molecular weight is 246 g/mol. The van der Waals surface area contributed by atoms with Crippen LogP contribution in [-0.4, -0.2) is 56.4 Å². The zero-order chi connectivity index (χ0) is 11.8. The lowest BCUT2D eigenvalue weighted by Crippen LogP contribution is -2.47. The Balaban J connectivity index is 1.86. The van der Waals surface area contributed by atoms with Crippen LogP contribution >= 0.6 is 0 Å². The van der Waals surface area contributed by atoms with Crippen LogP contribution in [0.2, 0.25) is 0 Å². The molecule has 1 unspecified atom stereocenters. The number of amides is 1. The molecule has 16 heavy (non-hydrogen) atoms. The summed E-state index contributed by atoms with van der Waals surface area (Å²) in [7, 11) is -1.14. The predicted octanol–water partition coefficient (Wildman–Crippen LogP) is -0.616. The third-order valence-electron chi connectivity index (χ3n) is 3.21. The van der Waals surface area contributed by atoms with Gasteiger partial charge < -0.3 is 10.2 Å². The van der Waals surface area contributed by atoms with Crippen LogP contribution < -0.4 is 5.32 Å². The van der Waals surface area contributed by atoms with Gasteiger partial charge >= 0.3 is 0 Å². The van der Waals surface area contributed by atoms with Crippen LogP contribution in [0.5, 0.6) is 0 Å². The van der Waals surface area contributed by atoms with Gasteiger partial charge in [-0.15, -0.1) is 0 Å². The van der Waals surface area contributed by atoms with Crippen LogP contribution in [0.25, 0.3) is 0 Å². The highest BCUT2D eigenvalue weighted by Gasteiger charge is 2.32. The number of nitrogens with one attached hydrogen (secondary N) is 1. The van der Waals surface area contributed by atoms with Crippen molar-refractivity contribution in [1.29, 1.82) is 0 Å². The highest BCUT2D eigenvalue weighted by Crippen LogP contribution is 2.26. The zero-order valence-electron chi connectivity index (χ0n) is 9.48. The van der Waals surface area contributed by atoms with E-state index in [9.17, 15) is 13.2 Å². The van der Waals surface area contributed by atoms with Gasteiger partial charge in [0, 0.05) is 32.1 Å². The molecule has 1 heterocycles. The van der Waals surface area contributed by atoms with E-state index < -0.39 is 9.84 Å². The van der Waals surface area contributed by atoms with Gasteiger partial charge in [-0.05, 0) is 12.8 Å². The smallest absolute Gasteiger partial charge is 0.224 e. The lowest BCUT2D eigenvalue weighted by molar-refractivity contribution is -0.130. The van der Waals surface area contributed by atoms with Crippen LogP contribution in [0.15, 0.2) is 0 Å². The maximum Gasteiger partial charge on any atom is 0.224 e. The zero-order valence-corrected chi connectivity index (χ0v) is 10.3. The standard InChI is InChI=1S/C10H18N2O3S/c1-12(9-2-3-9)10(13)6-8-7-16(14,15)5-4-11-8/h8-9,11H,2-7H2,1H3. The van der Waals surface area contributed by atoms with Crippen molar-refractivity contribution in [2.24, 2.45) is 0 Å². The van der Waals surface area contributed by atoms with Gasteiger partial charge in [0.25, 0.3) is 0 Å². The van der Waals surface area contributed by atoms with E-state index in [-0.39, 0.29) is 23.5 Å². The molecule has 2 aliphatic rings. The molecule has 1 saturated carbocycles. The quantitative estimate of drug-likeness (QED) is 0.721. The summed E-state index contributed by atoms with van der Waals surface area (Å²) in [6.07, 6.45) is 2.46. The highest BCUT2D eigenvalue weighted by atomic mass is 32.2. The van der Waals surface area contributed by atoms with Crippen molar-refractivity contribution in [1.82, 2.24) is 10.2 Å². The van der Waals surface area contributed by atoms with E-state index in [1.807, 2.05) is 0 Å². The maximum atomic E-state index is 11.8. The van der Waals surface area contributed by atoms with Gasteiger partial charge in [0.05, 0.1) is 11.5 Å². The topological polar surface area (TPSA) is 66.5 Å². The summed E-state index contributed by atoms with van der Waals surface area (Å²) >= 11 is 0. The first-order valence-electron chi connectivity index (χ1n) is 5.67. The number of sulfone groups is 1. The molecule has 0 aromatic heterocycles. The Hall–Kier alpha value is -0.620. The van der Waals surface area contributed by atoms with Crippen LogP contribution in [0.4, 0.5) is 0 Å². The van der Waals surface area contributed by atoms with Crippen molar-refractivity contribution in [3.63, 3.8) is 0 Å². The first kappa shape index (κ1) is 11.9. The second-order valence-electron chi connectivity index (χ2n) is 4.71. The molecule has 1 aliphatic carbocycles. The van der Waals surface area contributed by atoms with Crippen LogP contribution in [0.1, 0.15) is 19.3 Å². The Kier molecular flexibility index (Phi) is 3.21. The van der Waals surface area contributed by atoms with Gasteiger partial charge in [0.2, 0.25) is 5.91 Å². The molecule has 1 amide bonds. The monoisotopic (exact) mass is 246 g/mol. The Bertz CT molecular complexity index is 376. The Labute approximate surface area is 96.1 Å². The van der Waals surface area contributed by atoms with E-state index in [1.165, 1.54) is 0 Å². The summed E-state index contributed by atoms with van der Waals surface area (Å²) in [5.41, 5.74) is 0. The molecule has 1 saturated heterocycles. The third-order valence-corrected chi connectivity index (χ3v) is 4.95. The van der Waals surface area contributed by atoms with Crippen LogP contribution in [0, 0.1) is 0 Å². The number of hydrogen-bond donors (Lipinski definition) is 1. The first-order chi connectivity index (χ1) is 7.48. The summed E-state index contributed by atoms with van der Waals surface area (Å²) in [6, 6.07) is 0.195. The predicted molar refractivity (Wildman–Crippen MR) is 60.9 cm³/mol. The van der Waals surface area contributed by atoms with Gasteiger partial charge in [-0.1, -0.05) is 0 Å². The van der Waals surface area contributed by atoms with Gasteiger partial charge in [0.1, 0.15) is 0 Å². The minimum atomic E-state index is -2.94. The van der Waals surface area contributed by atoms with Gasteiger partial charge in [-0.3, -0.25) is 4.79 Å². The van der Waals surface area contributed by atoms with Gasteiger partial charge in [-0.25, -0.2) is 8.42 Å². The molecule has 6 heteroatoms. The molecular weight excluding hydrogens is 228 g/mol. The SMILES string of the molecule is CN(C(=O)CC1CS(=O)(=O)CCN1)C1CC1. The number of hydrogen-bond acceptors (Lipinski definition) is 4. The third kappa shape index (κ3) is 2.95. The Morgan fingerprint density at radius 3 is 2.69 bits per heavy atom. The van der Waals surface area contributed by atoms with Crippen molar-refractivity contribution in [3.05, 3.63) is 0 Å². The second-order valence-corrected chi connectivity index (χ2v) is 6.93. The fraction of sp³-hybridized carbons (Fsp3) is 0.900. The van der Waals surface area contributed by atoms with Gasteiger partial charge in [-0.2, -0.15) is 0 Å². The number of carbonyl (C=O) groups excluding carboxylic acids is 1. The molecule has 1 aliphatic heterocycles. The van der Waals surface area contributed by atoms with Crippen molar-refractivity contribution in [2.45, 2.75) is 31.3 Å². The molecule has 2 fully saturated rings. The second kappa shape index (κ2) is 4.33. The number of rotatable bonds is 3. The molecule has 1 N–H and O–H groups in total. The number of nitrogens with zero attached hydrogens (tertiary/aromatic N) is 1. The van der Waals surface area contributed by atoms with E-state index in [1.54, 1.807) is 11.9 Å². The van der Waals surface area contributed by atoms with Crippen LogP contribution in [0.3, 0.4) is 0 Å². The van der Waals surface area contributed by atoms with E-state index >= 15 is 0 Å². The average Bonchev–Trinajstić information content (AvgIpc) is 2.98. The molecule has 2 rings (SSSR count). The molecule has 0 radical (unpaired) electrons. The normalized spacial score (nSPS) is 28.7. The molecule has 0 aromatic carbocycles. The fourth-order valence-corrected chi connectivity index (χ4v) is 3.46. The first-order valence-corrected chi connectivity index (χ1v) is 7.49. The largest absolute Gasteiger partial charge is 0.343 e. The van der Waals surface area contributed by atoms with Crippen molar-refractivity contribution < 1.29 is 13.2 Å².